The predicted molar refractivity (Wildman–Crippen MR) is 57.5 cm³/mol. The number of hydrogen-bond donors (Lipinski definition) is 1. The lowest BCUT2D eigenvalue weighted by atomic mass is 10.1. The van der Waals surface area contributed by atoms with Crippen molar-refractivity contribution in [3.8, 4) is 0 Å². The van der Waals surface area contributed by atoms with Gasteiger partial charge in [0.15, 0.2) is 0 Å². The van der Waals surface area contributed by atoms with Crippen LogP contribution in [0.2, 0.25) is 0 Å². The summed E-state index contributed by atoms with van der Waals surface area (Å²) in [4.78, 5) is 32.3. The van der Waals surface area contributed by atoms with E-state index >= 15 is 0 Å². The number of carbonyl (C=O) groups is 3. The zero-order valence-electron chi connectivity index (χ0n) is 9.47. The summed E-state index contributed by atoms with van der Waals surface area (Å²) in [7, 11) is 0. The van der Waals surface area contributed by atoms with Crippen LogP contribution in [0.1, 0.15) is 46.0 Å². The SMILES string of the molecule is CC(=O)CCCCC(=O)NCCC(C)=O. The molecule has 0 saturated carbocycles. The predicted octanol–water partition coefficient (Wildman–Crippen LogP) is 1.23. The molecule has 0 saturated heterocycles. The molecule has 0 fully saturated rings. The quantitative estimate of drug-likeness (QED) is 0.617. The lowest BCUT2D eigenvalue weighted by molar-refractivity contribution is -0.122. The Hall–Kier alpha value is -1.19. The van der Waals surface area contributed by atoms with Crippen molar-refractivity contribution in [2.24, 2.45) is 0 Å². The minimum absolute atomic E-state index is 0.0418. The first-order valence-electron chi connectivity index (χ1n) is 5.28. The van der Waals surface area contributed by atoms with E-state index < -0.39 is 0 Å². The lowest BCUT2D eigenvalue weighted by Crippen LogP contribution is -2.25. The molecule has 1 N–H and O–H groups in total. The highest BCUT2D eigenvalue weighted by molar-refractivity contribution is 5.78. The number of amides is 1. The molecule has 4 heteroatoms. The molecule has 0 heterocycles. The Morgan fingerprint density at radius 2 is 1.40 bits per heavy atom. The molecule has 0 aromatic carbocycles. The zero-order valence-corrected chi connectivity index (χ0v) is 9.47. The number of unbranched alkanes of at least 4 members (excludes halogenated alkanes) is 1. The maximum atomic E-state index is 11.2. The molecule has 0 aliphatic carbocycles. The van der Waals surface area contributed by atoms with Gasteiger partial charge in [-0.1, -0.05) is 0 Å². The topological polar surface area (TPSA) is 63.2 Å². The molecule has 0 atom stereocenters. The summed E-state index contributed by atoms with van der Waals surface area (Å²) >= 11 is 0. The van der Waals surface area contributed by atoms with Gasteiger partial charge < -0.3 is 10.1 Å². The Bertz CT molecular complexity index is 236. The summed E-state index contributed by atoms with van der Waals surface area (Å²) in [6.07, 6.45) is 2.85. The van der Waals surface area contributed by atoms with Gasteiger partial charge in [-0.15, -0.1) is 0 Å². The first-order valence-corrected chi connectivity index (χ1v) is 5.28. The Morgan fingerprint density at radius 1 is 0.867 bits per heavy atom. The second-order valence-electron chi connectivity index (χ2n) is 3.71. The fourth-order valence-corrected chi connectivity index (χ4v) is 1.13. The molecule has 0 rings (SSSR count). The van der Waals surface area contributed by atoms with Gasteiger partial charge in [-0.3, -0.25) is 9.59 Å². The molecule has 86 valence electrons. The summed E-state index contributed by atoms with van der Waals surface area (Å²) in [5, 5.41) is 2.66. The largest absolute Gasteiger partial charge is 0.356 e. The standard InChI is InChI=1S/C11H19NO3/c1-9(13)5-3-4-6-11(15)12-8-7-10(2)14/h3-8H2,1-2H3,(H,12,15). The third-order valence-electron chi connectivity index (χ3n) is 1.98. The third-order valence-corrected chi connectivity index (χ3v) is 1.98. The maximum absolute atomic E-state index is 11.2. The maximum Gasteiger partial charge on any atom is 0.220 e. The second-order valence-corrected chi connectivity index (χ2v) is 3.71. The van der Waals surface area contributed by atoms with E-state index in [-0.39, 0.29) is 17.5 Å². The zero-order chi connectivity index (χ0) is 11.7. The molecule has 1 amide bonds. The number of nitrogens with one attached hydrogen (secondary N) is 1. The molecular formula is C11H19NO3. The molecule has 0 bridgehead atoms. The molecule has 15 heavy (non-hydrogen) atoms. The minimum atomic E-state index is -0.0418. The van der Waals surface area contributed by atoms with E-state index in [9.17, 15) is 14.4 Å². The Morgan fingerprint density at radius 3 is 1.93 bits per heavy atom. The molecule has 0 spiro atoms. The average molecular weight is 213 g/mol. The van der Waals surface area contributed by atoms with Gasteiger partial charge in [0.1, 0.15) is 11.6 Å². The summed E-state index contributed by atoms with van der Waals surface area (Å²) < 4.78 is 0. The van der Waals surface area contributed by atoms with Crippen LogP contribution in [0.5, 0.6) is 0 Å². The number of hydrogen-bond acceptors (Lipinski definition) is 3. The Balaban J connectivity index is 3.33. The van der Waals surface area contributed by atoms with Gasteiger partial charge >= 0.3 is 0 Å². The van der Waals surface area contributed by atoms with Crippen LogP contribution >= 0.6 is 0 Å². The summed E-state index contributed by atoms with van der Waals surface area (Å²) in [6, 6.07) is 0. The van der Waals surface area contributed by atoms with Crippen LogP contribution in [0, 0.1) is 0 Å². The van der Waals surface area contributed by atoms with Crippen molar-refractivity contribution in [1.29, 1.82) is 0 Å². The van der Waals surface area contributed by atoms with E-state index in [4.69, 9.17) is 0 Å². The van der Waals surface area contributed by atoms with Crippen molar-refractivity contribution in [2.75, 3.05) is 6.54 Å². The van der Waals surface area contributed by atoms with Gasteiger partial charge in [0.25, 0.3) is 0 Å². The molecule has 0 aromatic rings. The van der Waals surface area contributed by atoms with Gasteiger partial charge in [-0.2, -0.15) is 0 Å². The van der Waals surface area contributed by atoms with Crippen LogP contribution in [-0.2, 0) is 14.4 Å². The fourth-order valence-electron chi connectivity index (χ4n) is 1.13. The highest BCUT2D eigenvalue weighted by atomic mass is 16.1. The molecule has 0 unspecified atom stereocenters. The van der Waals surface area contributed by atoms with Gasteiger partial charge in [0.05, 0.1) is 0 Å². The Kier molecular flexibility index (Phi) is 7.50. The summed E-state index contributed by atoms with van der Waals surface area (Å²) in [6.45, 7) is 3.47. The van der Waals surface area contributed by atoms with Crippen LogP contribution in [-0.4, -0.2) is 24.0 Å². The van der Waals surface area contributed by atoms with Crippen molar-refractivity contribution < 1.29 is 14.4 Å². The molecule has 0 aliphatic heterocycles. The van der Waals surface area contributed by atoms with Crippen LogP contribution < -0.4 is 5.32 Å². The van der Waals surface area contributed by atoms with Crippen LogP contribution in [0.25, 0.3) is 0 Å². The average Bonchev–Trinajstić information content (AvgIpc) is 2.11. The Labute approximate surface area is 90.4 Å². The second kappa shape index (κ2) is 8.15. The van der Waals surface area contributed by atoms with Crippen molar-refractivity contribution in [1.82, 2.24) is 5.32 Å². The highest BCUT2D eigenvalue weighted by Gasteiger charge is 2.01. The monoisotopic (exact) mass is 213 g/mol. The molecule has 0 aliphatic rings. The first kappa shape index (κ1) is 13.8. The molecular weight excluding hydrogens is 194 g/mol. The van der Waals surface area contributed by atoms with E-state index in [0.29, 0.717) is 25.8 Å². The van der Waals surface area contributed by atoms with Crippen LogP contribution in [0.15, 0.2) is 0 Å². The van der Waals surface area contributed by atoms with Crippen molar-refractivity contribution in [3.05, 3.63) is 0 Å². The smallest absolute Gasteiger partial charge is 0.220 e. The van der Waals surface area contributed by atoms with E-state index in [1.807, 2.05) is 0 Å². The van der Waals surface area contributed by atoms with Crippen LogP contribution in [0.4, 0.5) is 0 Å². The third kappa shape index (κ3) is 10.7. The highest BCUT2D eigenvalue weighted by Crippen LogP contribution is 2.00. The van der Waals surface area contributed by atoms with Crippen LogP contribution in [0.3, 0.4) is 0 Å². The lowest BCUT2D eigenvalue weighted by Gasteiger charge is -2.02. The van der Waals surface area contributed by atoms with E-state index in [2.05, 4.69) is 5.32 Å². The van der Waals surface area contributed by atoms with Crippen molar-refractivity contribution >= 4 is 17.5 Å². The number of rotatable bonds is 8. The summed E-state index contributed by atoms with van der Waals surface area (Å²) in [5.74, 6) is 0.193. The van der Waals surface area contributed by atoms with E-state index in [0.717, 1.165) is 12.8 Å². The number of Topliss-reactive ketones (excluding diaryl/α,β-unsaturated/α-hetero) is 2. The normalized spacial score (nSPS) is 9.73. The van der Waals surface area contributed by atoms with Crippen molar-refractivity contribution in [3.63, 3.8) is 0 Å². The minimum Gasteiger partial charge on any atom is -0.356 e. The molecule has 0 radical (unpaired) electrons. The van der Waals surface area contributed by atoms with Crippen molar-refractivity contribution in [2.45, 2.75) is 46.0 Å². The van der Waals surface area contributed by atoms with Gasteiger partial charge in [0, 0.05) is 25.8 Å². The summed E-state index contributed by atoms with van der Waals surface area (Å²) in [5.41, 5.74) is 0. The van der Waals surface area contributed by atoms with Gasteiger partial charge in [-0.25, -0.2) is 0 Å². The van der Waals surface area contributed by atoms with Gasteiger partial charge in [0.2, 0.25) is 5.91 Å². The first-order chi connectivity index (χ1) is 7.02. The molecule has 0 aromatic heterocycles. The molecule has 4 nitrogen and oxygen atoms in total. The fraction of sp³-hybridized carbons (Fsp3) is 0.727. The number of ketones is 2. The van der Waals surface area contributed by atoms with E-state index in [1.54, 1.807) is 6.92 Å². The van der Waals surface area contributed by atoms with E-state index in [1.165, 1.54) is 6.92 Å². The number of carbonyl (C=O) groups excluding carboxylic acids is 3. The van der Waals surface area contributed by atoms with Gasteiger partial charge in [-0.05, 0) is 26.7 Å².